The molecular formula is C24H28N4O3. The predicted molar refractivity (Wildman–Crippen MR) is 121 cm³/mol. The van der Waals surface area contributed by atoms with E-state index >= 15 is 0 Å². The third-order valence-corrected chi connectivity index (χ3v) is 4.70. The van der Waals surface area contributed by atoms with Crippen molar-refractivity contribution in [3.05, 3.63) is 66.7 Å². The van der Waals surface area contributed by atoms with Crippen molar-refractivity contribution in [1.29, 1.82) is 0 Å². The molecule has 0 aliphatic rings. The van der Waals surface area contributed by atoms with Crippen LogP contribution in [0.25, 0.3) is 11.3 Å². The first-order valence-corrected chi connectivity index (χ1v) is 10.5. The Morgan fingerprint density at radius 1 is 0.935 bits per heavy atom. The Hall–Kier alpha value is -3.61. The summed E-state index contributed by atoms with van der Waals surface area (Å²) in [6, 6.07) is 21.2. The average molecular weight is 421 g/mol. The summed E-state index contributed by atoms with van der Waals surface area (Å²) in [5.74, 6) is 0.880. The number of amides is 1. The largest absolute Gasteiger partial charge is 0.484 e. The Labute approximate surface area is 183 Å². The number of rotatable bonds is 11. The minimum atomic E-state index is -0.206. The molecule has 0 unspecified atom stereocenters. The number of nitrogens with one attached hydrogen (secondary N) is 1. The van der Waals surface area contributed by atoms with Crippen molar-refractivity contribution in [2.24, 2.45) is 0 Å². The quantitative estimate of drug-likeness (QED) is 0.478. The summed E-state index contributed by atoms with van der Waals surface area (Å²) in [6.45, 7) is 6.64. The number of carbonyl (C=O) groups excluding carboxylic acids is 1. The smallest absolute Gasteiger partial charge is 0.258 e. The maximum absolute atomic E-state index is 12.0. The van der Waals surface area contributed by atoms with Crippen LogP contribution in [0.1, 0.15) is 13.8 Å². The van der Waals surface area contributed by atoms with Crippen LogP contribution < -0.4 is 19.7 Å². The van der Waals surface area contributed by atoms with Gasteiger partial charge in [-0.2, -0.15) is 0 Å². The molecule has 0 spiro atoms. The molecular weight excluding hydrogens is 392 g/mol. The Kier molecular flexibility index (Phi) is 8.22. The van der Waals surface area contributed by atoms with E-state index in [2.05, 4.69) is 34.3 Å². The Morgan fingerprint density at radius 3 is 2.45 bits per heavy atom. The number of aromatic nitrogens is 2. The van der Waals surface area contributed by atoms with Crippen molar-refractivity contribution < 1.29 is 14.3 Å². The van der Waals surface area contributed by atoms with Gasteiger partial charge < -0.3 is 19.7 Å². The van der Waals surface area contributed by atoms with Crippen LogP contribution in [0.5, 0.6) is 11.6 Å². The first-order chi connectivity index (χ1) is 15.2. The molecule has 0 aliphatic carbocycles. The molecule has 0 saturated carbocycles. The van der Waals surface area contributed by atoms with E-state index in [0.29, 0.717) is 24.8 Å². The van der Waals surface area contributed by atoms with Crippen molar-refractivity contribution >= 4 is 11.6 Å². The van der Waals surface area contributed by atoms with Crippen LogP contribution in [0.3, 0.4) is 0 Å². The summed E-state index contributed by atoms with van der Waals surface area (Å²) in [5, 5.41) is 11.0. The molecule has 0 saturated heterocycles. The normalized spacial score (nSPS) is 10.4. The van der Waals surface area contributed by atoms with Crippen LogP contribution in [0.4, 0.5) is 5.69 Å². The van der Waals surface area contributed by atoms with E-state index in [0.717, 1.165) is 30.0 Å². The van der Waals surface area contributed by atoms with E-state index in [9.17, 15) is 4.79 Å². The highest BCUT2D eigenvalue weighted by Crippen LogP contribution is 2.21. The summed E-state index contributed by atoms with van der Waals surface area (Å²) >= 11 is 0. The standard InChI is InChI=1S/C24H28N4O3/c1-3-28(4-2)20-11-8-12-21(17-20)31-18-23(29)25-15-16-30-24-14-13-22(26-27-24)19-9-6-5-7-10-19/h5-14,17H,3-4,15-16,18H2,1-2H3,(H,25,29). The highest BCUT2D eigenvalue weighted by molar-refractivity contribution is 5.77. The molecule has 2 aromatic carbocycles. The molecule has 0 atom stereocenters. The van der Waals surface area contributed by atoms with E-state index in [1.165, 1.54) is 0 Å². The molecule has 3 aromatic rings. The first kappa shape index (κ1) is 22.1. The number of hydrogen-bond donors (Lipinski definition) is 1. The Balaban J connectivity index is 1.37. The van der Waals surface area contributed by atoms with Gasteiger partial charge in [-0.1, -0.05) is 36.4 Å². The molecule has 7 heteroatoms. The van der Waals surface area contributed by atoms with Gasteiger partial charge >= 0.3 is 0 Å². The van der Waals surface area contributed by atoms with Crippen LogP contribution in [-0.4, -0.2) is 49.0 Å². The van der Waals surface area contributed by atoms with Gasteiger partial charge in [-0.25, -0.2) is 0 Å². The number of anilines is 1. The Bertz CT molecular complexity index is 945. The average Bonchev–Trinajstić information content (AvgIpc) is 2.82. The second-order valence-electron chi connectivity index (χ2n) is 6.78. The molecule has 0 radical (unpaired) electrons. The van der Waals surface area contributed by atoms with E-state index in [1.54, 1.807) is 6.07 Å². The molecule has 0 aliphatic heterocycles. The fraction of sp³-hybridized carbons (Fsp3) is 0.292. The van der Waals surface area contributed by atoms with Crippen molar-refractivity contribution in [3.63, 3.8) is 0 Å². The van der Waals surface area contributed by atoms with E-state index in [4.69, 9.17) is 9.47 Å². The third kappa shape index (κ3) is 6.70. The molecule has 162 valence electrons. The number of hydrogen-bond acceptors (Lipinski definition) is 6. The van der Waals surface area contributed by atoms with Gasteiger partial charge in [-0.05, 0) is 32.0 Å². The van der Waals surface area contributed by atoms with Gasteiger partial charge in [0.25, 0.3) is 5.91 Å². The lowest BCUT2D eigenvalue weighted by Gasteiger charge is -2.21. The maximum Gasteiger partial charge on any atom is 0.258 e. The van der Waals surface area contributed by atoms with Crippen molar-refractivity contribution in [2.75, 3.05) is 37.7 Å². The fourth-order valence-electron chi connectivity index (χ4n) is 3.06. The topological polar surface area (TPSA) is 76.6 Å². The minimum absolute atomic E-state index is 0.0483. The van der Waals surface area contributed by atoms with E-state index < -0.39 is 0 Å². The van der Waals surface area contributed by atoms with Crippen LogP contribution >= 0.6 is 0 Å². The number of nitrogens with zero attached hydrogens (tertiary/aromatic N) is 3. The zero-order valence-corrected chi connectivity index (χ0v) is 18.0. The second-order valence-corrected chi connectivity index (χ2v) is 6.78. The highest BCUT2D eigenvalue weighted by Gasteiger charge is 2.06. The van der Waals surface area contributed by atoms with Crippen LogP contribution in [0.15, 0.2) is 66.7 Å². The molecule has 31 heavy (non-hydrogen) atoms. The minimum Gasteiger partial charge on any atom is -0.484 e. The zero-order valence-electron chi connectivity index (χ0n) is 18.0. The second kappa shape index (κ2) is 11.5. The van der Waals surface area contributed by atoms with Gasteiger partial charge in [-0.3, -0.25) is 4.79 Å². The monoisotopic (exact) mass is 420 g/mol. The first-order valence-electron chi connectivity index (χ1n) is 10.5. The van der Waals surface area contributed by atoms with Crippen molar-refractivity contribution in [2.45, 2.75) is 13.8 Å². The molecule has 1 N–H and O–H groups in total. The highest BCUT2D eigenvalue weighted by atomic mass is 16.5. The SMILES string of the molecule is CCN(CC)c1cccc(OCC(=O)NCCOc2ccc(-c3ccccc3)nn2)c1. The van der Waals surface area contributed by atoms with E-state index in [-0.39, 0.29) is 12.5 Å². The third-order valence-electron chi connectivity index (χ3n) is 4.70. The van der Waals surface area contributed by atoms with E-state index in [1.807, 2.05) is 60.7 Å². The van der Waals surface area contributed by atoms with Gasteiger partial charge in [-0.15, -0.1) is 10.2 Å². The summed E-state index contributed by atoms with van der Waals surface area (Å²) in [4.78, 5) is 14.3. The summed E-state index contributed by atoms with van der Waals surface area (Å²) < 4.78 is 11.2. The van der Waals surface area contributed by atoms with Crippen molar-refractivity contribution in [3.8, 4) is 22.9 Å². The predicted octanol–water partition coefficient (Wildman–Crippen LogP) is 3.56. The fourth-order valence-corrected chi connectivity index (χ4v) is 3.06. The molecule has 1 heterocycles. The molecule has 3 rings (SSSR count). The number of carbonyl (C=O) groups is 1. The zero-order chi connectivity index (χ0) is 21.9. The lowest BCUT2D eigenvalue weighted by molar-refractivity contribution is -0.123. The van der Waals surface area contributed by atoms with Gasteiger partial charge in [0, 0.05) is 36.5 Å². The van der Waals surface area contributed by atoms with Crippen LogP contribution in [0, 0.1) is 0 Å². The van der Waals surface area contributed by atoms with Crippen LogP contribution in [-0.2, 0) is 4.79 Å². The maximum atomic E-state index is 12.0. The lowest BCUT2D eigenvalue weighted by Crippen LogP contribution is -2.32. The molecule has 7 nitrogen and oxygen atoms in total. The van der Waals surface area contributed by atoms with Gasteiger partial charge in [0.2, 0.25) is 5.88 Å². The van der Waals surface area contributed by atoms with Gasteiger partial charge in [0.1, 0.15) is 12.4 Å². The summed E-state index contributed by atoms with van der Waals surface area (Å²) in [7, 11) is 0. The summed E-state index contributed by atoms with van der Waals surface area (Å²) in [5.41, 5.74) is 2.86. The van der Waals surface area contributed by atoms with Gasteiger partial charge in [0.05, 0.1) is 12.2 Å². The summed E-state index contributed by atoms with van der Waals surface area (Å²) in [6.07, 6.45) is 0. The molecule has 1 aromatic heterocycles. The van der Waals surface area contributed by atoms with Crippen LogP contribution in [0.2, 0.25) is 0 Å². The number of benzene rings is 2. The molecule has 1 amide bonds. The Morgan fingerprint density at radius 2 is 1.74 bits per heavy atom. The lowest BCUT2D eigenvalue weighted by atomic mass is 10.1. The molecule has 0 bridgehead atoms. The number of ether oxygens (including phenoxy) is 2. The molecule has 0 fully saturated rings. The van der Waals surface area contributed by atoms with Gasteiger partial charge in [0.15, 0.2) is 6.61 Å². The van der Waals surface area contributed by atoms with Crippen molar-refractivity contribution in [1.82, 2.24) is 15.5 Å².